The molecule has 2 N–H and O–H groups in total. The van der Waals surface area contributed by atoms with Crippen LogP contribution in [0, 0.1) is 46.3 Å². The van der Waals surface area contributed by atoms with E-state index in [9.17, 15) is 16.4 Å². The van der Waals surface area contributed by atoms with Crippen molar-refractivity contribution in [1.82, 2.24) is 0 Å². The Bertz CT molecular complexity index is 652. The number of Topliss-reactive ketones (excluding diaryl/α,β-unsaturated/α-hetero) is 1. The number of aliphatic hydroxyl groups is 2. The van der Waals surface area contributed by atoms with Crippen molar-refractivity contribution in [3.8, 4) is 0 Å². The van der Waals surface area contributed by atoms with Gasteiger partial charge in [0.15, 0.2) is 0 Å². The van der Waals surface area contributed by atoms with Crippen LogP contribution in [0.4, 0.5) is 0 Å². The van der Waals surface area contributed by atoms with Crippen LogP contribution in [0.3, 0.4) is 0 Å². The summed E-state index contributed by atoms with van der Waals surface area (Å²) in [6, 6.07) is 0. The number of hydrogen-bond acceptors (Lipinski definition) is 3. The van der Waals surface area contributed by atoms with Crippen molar-refractivity contribution in [3.05, 3.63) is 0 Å². The van der Waals surface area contributed by atoms with Gasteiger partial charge in [0.05, 0.1) is 12.2 Å². The molecule has 0 heterocycles. The van der Waals surface area contributed by atoms with Crippen LogP contribution in [0.5, 0.6) is 0 Å². The van der Waals surface area contributed by atoms with Crippen molar-refractivity contribution in [2.24, 2.45) is 46.3 Å². The lowest BCUT2D eigenvalue weighted by atomic mass is 9.43. The molecule has 0 saturated heterocycles. The topological polar surface area (TPSA) is 57.5 Å². The summed E-state index contributed by atoms with van der Waals surface area (Å²) in [4.78, 5) is 11.5. The molecule has 0 aromatic carbocycles. The van der Waals surface area contributed by atoms with Crippen molar-refractivity contribution in [2.75, 3.05) is 0 Å². The molecular weight excluding hydrogens is 348 g/mol. The van der Waals surface area contributed by atoms with Gasteiger partial charge in [-0.1, -0.05) is 20.8 Å². The van der Waals surface area contributed by atoms with Gasteiger partial charge in [0, 0.05) is 7.79 Å². The van der Waals surface area contributed by atoms with Gasteiger partial charge in [-0.25, -0.2) is 0 Å². The number of carbonyl (C=O) groups excluding carboxylic acids is 1. The number of fused-ring (bicyclic) bond motifs is 5. The van der Waals surface area contributed by atoms with Crippen LogP contribution < -0.4 is 0 Å². The zero-order valence-electron chi connectivity index (χ0n) is 19.4. The minimum atomic E-state index is -0.754. The number of carbonyl (C=O) groups is 1. The average Bonchev–Trinajstić information content (AvgIpc) is 3.00. The maximum absolute atomic E-state index is 11.5. The van der Waals surface area contributed by atoms with E-state index in [0.29, 0.717) is 30.6 Å². The Morgan fingerprint density at radius 3 is 2.46 bits per heavy atom. The Balaban J connectivity index is 1.62. The quantitative estimate of drug-likeness (QED) is 0.710. The van der Waals surface area contributed by atoms with Crippen LogP contribution in [0.1, 0.15) is 93.3 Å². The van der Waals surface area contributed by atoms with E-state index in [4.69, 9.17) is 0 Å². The molecule has 4 fully saturated rings. The molecule has 0 aromatic rings. The van der Waals surface area contributed by atoms with Gasteiger partial charge in [-0.3, -0.25) is 0 Å². The lowest BCUT2D eigenvalue weighted by molar-refractivity contribution is -0.174. The largest absolute Gasteiger partial charge is 0.393 e. The van der Waals surface area contributed by atoms with Crippen molar-refractivity contribution >= 4 is 5.78 Å². The summed E-state index contributed by atoms with van der Waals surface area (Å²) in [7, 11) is 0. The molecule has 0 amide bonds. The third-order valence-electron chi connectivity index (χ3n) is 10.0. The molecule has 3 nitrogen and oxygen atoms in total. The minimum Gasteiger partial charge on any atom is -0.393 e. The van der Waals surface area contributed by atoms with E-state index < -0.39 is 12.0 Å². The van der Waals surface area contributed by atoms with Gasteiger partial charge in [-0.05, 0) is 111 Å². The zero-order chi connectivity index (χ0) is 21.2. The summed E-state index contributed by atoms with van der Waals surface area (Å²) in [5.74, 6) is 1.41. The molecule has 4 aliphatic rings. The van der Waals surface area contributed by atoms with Crippen LogP contribution >= 0.6 is 0 Å². The zero-order valence-corrected chi connectivity index (χ0v) is 18.4. The molecule has 4 rings (SSSR count). The average molecular weight is 392 g/mol. The monoisotopic (exact) mass is 391 g/mol. The highest BCUT2D eigenvalue weighted by Gasteiger charge is 2.62. The lowest BCUT2D eigenvalue weighted by Gasteiger charge is -2.62. The minimum absolute atomic E-state index is 0.0832. The normalized spacial score (nSPS) is 54.9. The summed E-state index contributed by atoms with van der Waals surface area (Å²) in [5, 5.41) is 21.6. The van der Waals surface area contributed by atoms with Crippen LogP contribution in [-0.4, -0.2) is 28.2 Å². The predicted molar refractivity (Wildman–Crippen MR) is 112 cm³/mol. The first-order chi connectivity index (χ1) is 13.5. The van der Waals surface area contributed by atoms with E-state index in [1.54, 1.807) is 6.92 Å². The van der Waals surface area contributed by atoms with Gasteiger partial charge in [-0.15, -0.1) is 0 Å². The summed E-state index contributed by atoms with van der Waals surface area (Å²) >= 11 is 0. The Hall–Kier alpha value is -0.410. The maximum Gasteiger partial charge on any atom is 0.129 e. The SMILES string of the molecule is [2H][C@]12C3CC[C@H](C(C)CCC(C)=O)[C@@]3(C)CCC1[C@@]1(C)CC[C@@H](O)C[C@H]1C[C@H]2O. The number of hydrogen-bond donors (Lipinski definition) is 2. The van der Waals surface area contributed by atoms with Crippen LogP contribution in [0.25, 0.3) is 0 Å². The molecule has 28 heavy (non-hydrogen) atoms. The van der Waals surface area contributed by atoms with E-state index in [0.717, 1.165) is 51.4 Å². The molecule has 0 aliphatic heterocycles. The summed E-state index contributed by atoms with van der Waals surface area (Å²) in [5.41, 5.74) is 0.187. The Morgan fingerprint density at radius 2 is 1.75 bits per heavy atom. The first kappa shape index (κ1) is 19.5. The standard InChI is InChI=1S/C25H42O3/c1-15(5-6-16(2)26)19-7-8-20-23-21(10-12-25(19,20)4)24(3)11-9-18(27)13-17(24)14-22(23)28/h15,17-23,27-28H,5-14H2,1-4H3/t15?,17-,18+,19+,20?,21?,22+,23-,24-,25+/m0/s1/i23D. The molecule has 0 aromatic heterocycles. The molecule has 10 atom stereocenters. The van der Waals surface area contributed by atoms with Gasteiger partial charge in [0.25, 0.3) is 0 Å². The van der Waals surface area contributed by atoms with Gasteiger partial charge < -0.3 is 15.0 Å². The third kappa shape index (κ3) is 3.20. The highest BCUT2D eigenvalue weighted by atomic mass is 16.3. The predicted octanol–water partition coefficient (Wildman–Crippen LogP) is 4.98. The number of ketones is 1. The third-order valence-corrected chi connectivity index (χ3v) is 10.0. The summed E-state index contributed by atoms with van der Waals surface area (Å²) in [6.45, 7) is 8.76. The molecule has 0 radical (unpaired) electrons. The van der Waals surface area contributed by atoms with Gasteiger partial charge >= 0.3 is 0 Å². The molecule has 160 valence electrons. The second-order valence-corrected chi connectivity index (χ2v) is 11.4. The molecule has 3 unspecified atom stereocenters. The van der Waals surface area contributed by atoms with E-state index in [-0.39, 0.29) is 34.6 Å². The van der Waals surface area contributed by atoms with Crippen molar-refractivity contribution in [2.45, 2.75) is 104 Å². The van der Waals surface area contributed by atoms with E-state index >= 15 is 0 Å². The fourth-order valence-corrected chi connectivity index (χ4v) is 8.40. The van der Waals surface area contributed by atoms with E-state index in [1.807, 2.05) is 0 Å². The number of aliphatic hydroxyl groups excluding tert-OH is 2. The molecule has 3 heteroatoms. The maximum atomic E-state index is 11.5. The first-order valence-corrected chi connectivity index (χ1v) is 11.9. The number of rotatable bonds is 4. The van der Waals surface area contributed by atoms with Crippen LogP contribution in [0.15, 0.2) is 0 Å². The fourth-order valence-electron chi connectivity index (χ4n) is 8.40. The smallest absolute Gasteiger partial charge is 0.129 e. The van der Waals surface area contributed by atoms with Crippen LogP contribution in [-0.2, 0) is 4.79 Å². The van der Waals surface area contributed by atoms with Gasteiger partial charge in [0.1, 0.15) is 5.78 Å². The van der Waals surface area contributed by atoms with Crippen molar-refractivity contribution < 1.29 is 16.4 Å². The van der Waals surface area contributed by atoms with Crippen LogP contribution in [0.2, 0.25) is 0 Å². The summed E-state index contributed by atoms with van der Waals surface area (Å²) < 4.78 is 9.77. The van der Waals surface area contributed by atoms with Crippen molar-refractivity contribution in [1.29, 1.82) is 0 Å². The van der Waals surface area contributed by atoms with E-state index in [2.05, 4.69) is 20.8 Å². The summed E-state index contributed by atoms with van der Waals surface area (Å²) in [6.07, 6.45) is 8.51. The molecule has 0 spiro atoms. The second-order valence-electron chi connectivity index (χ2n) is 11.4. The molecular formula is C25H42O3. The van der Waals surface area contributed by atoms with Gasteiger partial charge in [0.2, 0.25) is 0 Å². The highest BCUT2D eigenvalue weighted by molar-refractivity contribution is 5.75. The second kappa shape index (κ2) is 7.38. The fraction of sp³-hybridized carbons (Fsp3) is 0.960. The Kier molecular flexibility index (Phi) is 5.15. The highest BCUT2D eigenvalue weighted by Crippen LogP contribution is 2.68. The Morgan fingerprint density at radius 1 is 1.07 bits per heavy atom. The van der Waals surface area contributed by atoms with Crippen molar-refractivity contribution in [3.63, 3.8) is 0 Å². The first-order valence-electron chi connectivity index (χ1n) is 12.4. The van der Waals surface area contributed by atoms with E-state index in [1.165, 1.54) is 0 Å². The Labute approximate surface area is 173 Å². The molecule has 0 bridgehead atoms. The lowest BCUT2D eigenvalue weighted by Crippen LogP contribution is -2.58. The molecule has 4 saturated carbocycles. The molecule has 4 aliphatic carbocycles. The van der Waals surface area contributed by atoms with Gasteiger partial charge in [-0.2, -0.15) is 0 Å².